The predicted molar refractivity (Wildman–Crippen MR) is 374 cm³/mol. The minimum atomic E-state index is 0.944. The van der Waals surface area contributed by atoms with E-state index in [1.807, 2.05) is 0 Å². The van der Waals surface area contributed by atoms with Crippen molar-refractivity contribution in [3.05, 3.63) is 0 Å². The molecule has 0 saturated heterocycles. The normalized spacial score (nSPS) is 12.2. The van der Waals surface area contributed by atoms with Crippen LogP contribution >= 0.6 is 23.5 Å². The molecule has 1 unspecified atom stereocenters. The van der Waals surface area contributed by atoms with Gasteiger partial charge in [-0.25, -0.2) is 0 Å². The Bertz CT molecular complexity index is 994. The lowest BCUT2D eigenvalue weighted by atomic mass is 10.0. The highest BCUT2D eigenvalue weighted by Crippen LogP contribution is 2.27. The molecule has 0 spiro atoms. The van der Waals surface area contributed by atoms with Crippen LogP contribution in [0.4, 0.5) is 0 Å². The van der Waals surface area contributed by atoms with Crippen LogP contribution in [0.25, 0.3) is 0 Å². The van der Waals surface area contributed by atoms with Crippen molar-refractivity contribution < 1.29 is 0 Å². The molecule has 0 aliphatic rings. The summed E-state index contributed by atoms with van der Waals surface area (Å²) in [5.41, 5.74) is 0. The first-order chi connectivity index (χ1) is 39.3. The minimum absolute atomic E-state index is 0.944. The van der Waals surface area contributed by atoms with Crippen LogP contribution in [-0.4, -0.2) is 22.5 Å². The van der Waals surface area contributed by atoms with Gasteiger partial charge in [0.1, 0.15) is 0 Å². The van der Waals surface area contributed by atoms with E-state index in [4.69, 9.17) is 0 Å². The third-order valence-corrected chi connectivity index (χ3v) is 21.1. The first kappa shape index (κ1) is 79.7. The Balaban J connectivity index is 3.80. The van der Waals surface area contributed by atoms with Gasteiger partial charge in [0, 0.05) is 5.25 Å². The molecule has 0 aromatic carbocycles. The zero-order chi connectivity index (χ0) is 56.6. The van der Waals surface area contributed by atoms with Gasteiger partial charge < -0.3 is 0 Å². The topological polar surface area (TPSA) is 0 Å². The van der Waals surface area contributed by atoms with Gasteiger partial charge in [-0.1, -0.05) is 438 Å². The molecule has 476 valence electrons. The van der Waals surface area contributed by atoms with Crippen molar-refractivity contribution >= 4 is 23.5 Å². The van der Waals surface area contributed by atoms with Crippen LogP contribution in [0.3, 0.4) is 0 Å². The molecular formula is C77H156S2. The molecule has 0 aliphatic carbocycles. The van der Waals surface area contributed by atoms with E-state index >= 15 is 0 Å². The second-order valence-electron chi connectivity index (χ2n) is 26.7. The minimum Gasteiger partial charge on any atom is -0.162 e. The quantitative estimate of drug-likeness (QED) is 0.0557. The Labute approximate surface area is 513 Å². The van der Waals surface area contributed by atoms with E-state index in [0.29, 0.717) is 0 Å². The zero-order valence-electron chi connectivity index (χ0n) is 56.0. The maximum atomic E-state index is 2.39. The SMILES string of the molecule is CCCCCCCCCCCCCCCCCCCSC(CCCCCCCCCCCCCCCCCCC)CCCCCCCCCCCCCCCCCCCCSCCCCCCCCCCCCCCCCCC. The lowest BCUT2D eigenvalue weighted by molar-refractivity contribution is 0.513. The monoisotopic (exact) mass is 1150 g/mol. The number of rotatable bonds is 75. The van der Waals surface area contributed by atoms with E-state index in [0.717, 1.165) is 5.25 Å². The summed E-state index contributed by atoms with van der Waals surface area (Å²) >= 11 is 4.64. The summed E-state index contributed by atoms with van der Waals surface area (Å²) in [5, 5.41) is 0.944. The van der Waals surface area contributed by atoms with Gasteiger partial charge in [0.05, 0.1) is 0 Å². The molecule has 1 atom stereocenters. The van der Waals surface area contributed by atoms with Crippen molar-refractivity contribution in [2.45, 2.75) is 475 Å². The molecule has 0 aliphatic heterocycles. The van der Waals surface area contributed by atoms with E-state index in [9.17, 15) is 0 Å². The fourth-order valence-corrected chi connectivity index (χ4v) is 15.1. The van der Waals surface area contributed by atoms with E-state index < -0.39 is 0 Å². The molecular weight excluding hydrogens is 989 g/mol. The van der Waals surface area contributed by atoms with Gasteiger partial charge in [-0.3, -0.25) is 0 Å². The highest BCUT2D eigenvalue weighted by molar-refractivity contribution is 7.99. The average molecular weight is 1150 g/mol. The van der Waals surface area contributed by atoms with Crippen LogP contribution in [0.2, 0.25) is 0 Å². The van der Waals surface area contributed by atoms with Gasteiger partial charge >= 0.3 is 0 Å². The summed E-state index contributed by atoms with van der Waals surface area (Å²) in [6, 6.07) is 0. The number of hydrogen-bond donors (Lipinski definition) is 0. The van der Waals surface area contributed by atoms with E-state index in [2.05, 4.69) is 44.3 Å². The molecule has 2 heteroatoms. The fraction of sp³-hybridized carbons (Fsp3) is 1.00. The lowest BCUT2D eigenvalue weighted by Crippen LogP contribution is -2.04. The molecule has 0 radical (unpaired) electrons. The van der Waals surface area contributed by atoms with Crippen LogP contribution in [0, 0.1) is 0 Å². The molecule has 0 fully saturated rings. The summed E-state index contributed by atoms with van der Waals surface area (Å²) in [7, 11) is 0. The van der Waals surface area contributed by atoms with Gasteiger partial charge in [-0.15, -0.1) is 0 Å². The van der Waals surface area contributed by atoms with E-state index in [1.165, 1.54) is 467 Å². The summed E-state index contributed by atoms with van der Waals surface area (Å²) in [6.45, 7) is 6.97. The molecule has 0 saturated carbocycles. The van der Waals surface area contributed by atoms with E-state index in [1.54, 1.807) is 0 Å². The summed E-state index contributed by atoms with van der Waals surface area (Å²) in [6.07, 6.45) is 104. The van der Waals surface area contributed by atoms with Gasteiger partial charge in [-0.05, 0) is 49.4 Å². The van der Waals surface area contributed by atoms with E-state index in [-0.39, 0.29) is 0 Å². The zero-order valence-corrected chi connectivity index (χ0v) is 57.6. The highest BCUT2D eigenvalue weighted by Gasteiger charge is 2.10. The Morgan fingerprint density at radius 3 is 0.468 bits per heavy atom. The number of hydrogen-bond acceptors (Lipinski definition) is 2. The first-order valence-electron chi connectivity index (χ1n) is 38.5. The third-order valence-electron chi connectivity index (χ3n) is 18.4. The molecule has 79 heavy (non-hydrogen) atoms. The maximum absolute atomic E-state index is 2.39. The van der Waals surface area contributed by atoms with Crippen LogP contribution < -0.4 is 0 Å². The molecule has 0 nitrogen and oxygen atoms in total. The lowest BCUT2D eigenvalue weighted by Gasteiger charge is -2.17. The second kappa shape index (κ2) is 76.7. The third kappa shape index (κ3) is 74.8. The van der Waals surface area contributed by atoms with Gasteiger partial charge in [0.25, 0.3) is 0 Å². The number of unbranched alkanes of at least 4 members (excludes halogenated alkanes) is 64. The maximum Gasteiger partial charge on any atom is 0.00470 e. The largest absolute Gasteiger partial charge is 0.162 e. The molecule has 0 amide bonds. The standard InChI is InChI=1S/C77H156S2/c1-4-7-10-13-16-19-22-25-28-33-37-42-47-52-57-62-67-72-77(79-76-71-66-61-56-51-46-41-35-29-26-23-20-17-14-11-8-5-2)73-68-63-58-53-48-43-38-34-31-32-36-40-45-50-55-60-65-70-75-78-74-69-64-59-54-49-44-39-30-27-24-21-18-15-12-9-6-3/h77H,4-76H2,1-3H3. The molecule has 0 rings (SSSR count). The van der Waals surface area contributed by atoms with Crippen molar-refractivity contribution in [3.8, 4) is 0 Å². The first-order valence-corrected chi connectivity index (χ1v) is 40.7. The van der Waals surface area contributed by atoms with Crippen molar-refractivity contribution in [1.29, 1.82) is 0 Å². The smallest absolute Gasteiger partial charge is 0.00470 e. The van der Waals surface area contributed by atoms with Crippen LogP contribution in [-0.2, 0) is 0 Å². The molecule has 0 bridgehead atoms. The van der Waals surface area contributed by atoms with Crippen molar-refractivity contribution in [2.24, 2.45) is 0 Å². The van der Waals surface area contributed by atoms with Gasteiger partial charge in [-0.2, -0.15) is 23.5 Å². The number of thioether (sulfide) groups is 2. The molecule has 0 aromatic rings. The predicted octanol–water partition coefficient (Wildman–Crippen LogP) is 30.2. The summed E-state index contributed by atoms with van der Waals surface area (Å²) in [4.78, 5) is 0. The molecule has 0 N–H and O–H groups in total. The Morgan fingerprint density at radius 1 is 0.152 bits per heavy atom. The van der Waals surface area contributed by atoms with Crippen molar-refractivity contribution in [2.75, 3.05) is 17.3 Å². The van der Waals surface area contributed by atoms with Crippen molar-refractivity contribution in [3.63, 3.8) is 0 Å². The van der Waals surface area contributed by atoms with Crippen molar-refractivity contribution in [1.82, 2.24) is 0 Å². The van der Waals surface area contributed by atoms with Gasteiger partial charge in [0.15, 0.2) is 0 Å². The van der Waals surface area contributed by atoms with Crippen LogP contribution in [0.15, 0.2) is 0 Å². The van der Waals surface area contributed by atoms with Crippen LogP contribution in [0.1, 0.15) is 470 Å². The van der Waals surface area contributed by atoms with Gasteiger partial charge in [0.2, 0.25) is 0 Å². The summed E-state index contributed by atoms with van der Waals surface area (Å²) < 4.78 is 0. The Morgan fingerprint density at radius 2 is 0.291 bits per heavy atom. The summed E-state index contributed by atoms with van der Waals surface area (Å²) in [5.74, 6) is 4.26. The Kier molecular flexibility index (Phi) is 77.4. The fourth-order valence-electron chi connectivity index (χ4n) is 12.7. The second-order valence-corrected chi connectivity index (χ2v) is 29.3. The van der Waals surface area contributed by atoms with Crippen LogP contribution in [0.5, 0.6) is 0 Å². The average Bonchev–Trinajstić information content (AvgIpc) is 3.46. The molecule has 0 aromatic heterocycles. The molecule has 0 heterocycles. The highest BCUT2D eigenvalue weighted by atomic mass is 32.2. The Hall–Kier alpha value is 0.700.